The lowest BCUT2D eigenvalue weighted by molar-refractivity contribution is -0.141. The van der Waals surface area contributed by atoms with Crippen LogP contribution in [0.5, 0.6) is 5.75 Å². The molecule has 1 amide bonds. The highest BCUT2D eigenvalue weighted by Gasteiger charge is 2.35. The first kappa shape index (κ1) is 22.6. The number of nitrogens with zero attached hydrogens (tertiary/aromatic N) is 2. The number of rotatable bonds is 9. The zero-order valence-electron chi connectivity index (χ0n) is 18.5. The van der Waals surface area contributed by atoms with Gasteiger partial charge in [0.1, 0.15) is 5.75 Å². The van der Waals surface area contributed by atoms with E-state index in [9.17, 15) is 9.59 Å². The Labute approximate surface area is 183 Å². The average Bonchev–Trinajstić information content (AvgIpc) is 2.77. The van der Waals surface area contributed by atoms with Gasteiger partial charge in [0.15, 0.2) is 0 Å². The van der Waals surface area contributed by atoms with Gasteiger partial charge < -0.3 is 19.7 Å². The van der Waals surface area contributed by atoms with Crippen molar-refractivity contribution in [1.29, 1.82) is 0 Å². The molecule has 31 heavy (non-hydrogen) atoms. The molecule has 2 aromatic rings. The summed E-state index contributed by atoms with van der Waals surface area (Å²) in [6.45, 7) is 8.64. The molecule has 2 heterocycles. The van der Waals surface area contributed by atoms with Crippen molar-refractivity contribution in [2.24, 2.45) is 5.92 Å². The molecule has 1 aliphatic heterocycles. The number of hydrogen-bond donors (Lipinski definition) is 1. The van der Waals surface area contributed by atoms with E-state index in [0.717, 1.165) is 29.9 Å². The first-order valence-electron chi connectivity index (χ1n) is 10.9. The standard InChI is InChI=1S/C24H31N3O4/c1-4-27(5-2)19-8-9-20-17(3)21(23(28)31-22(20)15-19)11-14-30-24(29)26-13-10-18-7-6-12-25-16-18/h6-9,12,15-17,21H,4-5,10-11,13-14H2,1-3H3,(H,26,29). The van der Waals surface area contributed by atoms with Crippen LogP contribution in [0, 0.1) is 5.92 Å². The molecule has 1 aliphatic rings. The molecule has 2 unspecified atom stereocenters. The fraction of sp³-hybridized carbons (Fsp3) is 0.458. The normalized spacial score (nSPS) is 17.5. The van der Waals surface area contributed by atoms with E-state index < -0.39 is 6.09 Å². The van der Waals surface area contributed by atoms with Gasteiger partial charge in [-0.1, -0.05) is 19.1 Å². The Morgan fingerprint density at radius 3 is 2.77 bits per heavy atom. The van der Waals surface area contributed by atoms with E-state index in [1.807, 2.05) is 31.2 Å². The van der Waals surface area contributed by atoms with Crippen molar-refractivity contribution in [2.45, 2.75) is 39.5 Å². The highest BCUT2D eigenvalue weighted by Crippen LogP contribution is 2.40. The summed E-state index contributed by atoms with van der Waals surface area (Å²) < 4.78 is 10.9. The van der Waals surface area contributed by atoms with E-state index >= 15 is 0 Å². The smallest absolute Gasteiger partial charge is 0.407 e. The minimum atomic E-state index is -0.481. The number of aromatic nitrogens is 1. The number of anilines is 1. The molecule has 0 saturated carbocycles. The number of fused-ring (bicyclic) bond motifs is 1. The van der Waals surface area contributed by atoms with Crippen LogP contribution in [0.4, 0.5) is 10.5 Å². The molecule has 1 aromatic heterocycles. The fourth-order valence-corrected chi connectivity index (χ4v) is 3.93. The van der Waals surface area contributed by atoms with E-state index in [0.29, 0.717) is 25.1 Å². The number of benzene rings is 1. The van der Waals surface area contributed by atoms with Crippen LogP contribution in [-0.4, -0.2) is 43.3 Å². The second kappa shape index (κ2) is 10.8. The second-order valence-corrected chi connectivity index (χ2v) is 7.67. The van der Waals surface area contributed by atoms with Gasteiger partial charge in [0.05, 0.1) is 12.5 Å². The second-order valence-electron chi connectivity index (χ2n) is 7.67. The SMILES string of the molecule is CCN(CC)c1ccc2c(c1)OC(=O)C(CCOC(=O)NCCc1cccnc1)C2C. The largest absolute Gasteiger partial charge is 0.450 e. The quantitative estimate of drug-likeness (QED) is 0.484. The molecule has 0 aliphatic carbocycles. The van der Waals surface area contributed by atoms with E-state index in [1.165, 1.54) is 0 Å². The molecule has 0 spiro atoms. The Hall–Kier alpha value is -3.09. The fourth-order valence-electron chi connectivity index (χ4n) is 3.93. The summed E-state index contributed by atoms with van der Waals surface area (Å²) in [6, 6.07) is 9.88. The van der Waals surface area contributed by atoms with Gasteiger partial charge >= 0.3 is 12.1 Å². The maximum atomic E-state index is 12.6. The molecule has 0 radical (unpaired) electrons. The minimum Gasteiger partial charge on any atom is -0.450 e. The van der Waals surface area contributed by atoms with E-state index in [4.69, 9.17) is 9.47 Å². The molecule has 7 heteroatoms. The van der Waals surface area contributed by atoms with Crippen molar-refractivity contribution >= 4 is 17.7 Å². The Morgan fingerprint density at radius 1 is 1.26 bits per heavy atom. The Bertz CT molecular complexity index is 884. The lowest BCUT2D eigenvalue weighted by atomic mass is 9.83. The minimum absolute atomic E-state index is 0.000699. The van der Waals surface area contributed by atoms with Gasteiger partial charge in [-0.3, -0.25) is 9.78 Å². The molecule has 0 fully saturated rings. The number of amides is 1. The summed E-state index contributed by atoms with van der Waals surface area (Å²) in [5.74, 6) is 0.0266. The van der Waals surface area contributed by atoms with Crippen LogP contribution in [0.3, 0.4) is 0 Å². The molecule has 0 bridgehead atoms. The summed E-state index contributed by atoms with van der Waals surface area (Å²) in [6.07, 6.45) is 4.11. The van der Waals surface area contributed by atoms with Gasteiger partial charge in [0.2, 0.25) is 0 Å². The lowest BCUT2D eigenvalue weighted by Gasteiger charge is -2.31. The molecular formula is C24H31N3O4. The molecule has 0 saturated heterocycles. The number of pyridine rings is 1. The number of nitrogens with one attached hydrogen (secondary N) is 1. The maximum absolute atomic E-state index is 12.6. The summed E-state index contributed by atoms with van der Waals surface area (Å²) in [7, 11) is 0. The van der Waals surface area contributed by atoms with Crippen LogP contribution in [0.25, 0.3) is 0 Å². The number of hydrogen-bond acceptors (Lipinski definition) is 6. The summed E-state index contributed by atoms with van der Waals surface area (Å²) >= 11 is 0. The van der Waals surface area contributed by atoms with Gasteiger partial charge in [-0.15, -0.1) is 0 Å². The number of ether oxygens (including phenoxy) is 2. The molecule has 7 nitrogen and oxygen atoms in total. The van der Waals surface area contributed by atoms with Crippen molar-refractivity contribution in [3.8, 4) is 5.75 Å². The van der Waals surface area contributed by atoms with Crippen molar-refractivity contribution in [2.75, 3.05) is 31.1 Å². The van der Waals surface area contributed by atoms with Gasteiger partial charge in [-0.25, -0.2) is 4.79 Å². The third kappa shape index (κ3) is 5.75. The Kier molecular flexibility index (Phi) is 7.87. The van der Waals surface area contributed by atoms with Crippen LogP contribution in [0.2, 0.25) is 0 Å². The van der Waals surface area contributed by atoms with E-state index in [2.05, 4.69) is 35.1 Å². The first-order chi connectivity index (χ1) is 15.0. The topological polar surface area (TPSA) is 80.8 Å². The van der Waals surface area contributed by atoms with Crippen molar-refractivity contribution in [3.05, 3.63) is 53.9 Å². The summed E-state index contributed by atoms with van der Waals surface area (Å²) in [4.78, 5) is 30.8. The van der Waals surface area contributed by atoms with Crippen LogP contribution < -0.4 is 15.0 Å². The van der Waals surface area contributed by atoms with Gasteiger partial charge in [-0.05, 0) is 55.9 Å². The zero-order chi connectivity index (χ0) is 22.2. The summed E-state index contributed by atoms with van der Waals surface area (Å²) in [5.41, 5.74) is 3.11. The monoisotopic (exact) mass is 425 g/mol. The van der Waals surface area contributed by atoms with Crippen molar-refractivity contribution in [1.82, 2.24) is 10.3 Å². The molecule has 1 N–H and O–H groups in total. The average molecular weight is 426 g/mol. The van der Waals surface area contributed by atoms with Crippen molar-refractivity contribution < 1.29 is 19.1 Å². The van der Waals surface area contributed by atoms with Crippen LogP contribution in [-0.2, 0) is 16.0 Å². The van der Waals surface area contributed by atoms with Crippen LogP contribution in [0.15, 0.2) is 42.7 Å². The molecule has 166 valence electrons. The van der Waals surface area contributed by atoms with Crippen LogP contribution >= 0.6 is 0 Å². The third-order valence-electron chi connectivity index (χ3n) is 5.80. The highest BCUT2D eigenvalue weighted by molar-refractivity contribution is 5.80. The zero-order valence-corrected chi connectivity index (χ0v) is 18.5. The highest BCUT2D eigenvalue weighted by atomic mass is 16.6. The Balaban J connectivity index is 1.49. The van der Waals surface area contributed by atoms with Gasteiger partial charge in [-0.2, -0.15) is 0 Å². The molecular weight excluding hydrogens is 394 g/mol. The number of carbonyl (C=O) groups is 2. The predicted octanol–water partition coefficient (Wildman–Crippen LogP) is 3.93. The number of esters is 1. The number of alkyl carbamates (subject to hydrolysis) is 1. The van der Waals surface area contributed by atoms with Crippen LogP contribution in [0.1, 0.15) is 44.2 Å². The van der Waals surface area contributed by atoms with E-state index in [-0.39, 0.29) is 24.4 Å². The lowest BCUT2D eigenvalue weighted by Crippen LogP contribution is -2.33. The molecule has 3 rings (SSSR count). The third-order valence-corrected chi connectivity index (χ3v) is 5.80. The van der Waals surface area contributed by atoms with Gasteiger partial charge in [0.25, 0.3) is 0 Å². The Morgan fingerprint density at radius 2 is 2.06 bits per heavy atom. The van der Waals surface area contributed by atoms with Crippen molar-refractivity contribution in [3.63, 3.8) is 0 Å². The van der Waals surface area contributed by atoms with Gasteiger partial charge in [0, 0.05) is 43.8 Å². The summed E-state index contributed by atoms with van der Waals surface area (Å²) in [5, 5.41) is 2.72. The molecule has 2 atom stereocenters. The first-order valence-corrected chi connectivity index (χ1v) is 10.9. The number of carbonyl (C=O) groups excluding carboxylic acids is 2. The predicted molar refractivity (Wildman–Crippen MR) is 119 cm³/mol. The maximum Gasteiger partial charge on any atom is 0.407 e. The van der Waals surface area contributed by atoms with E-state index in [1.54, 1.807) is 12.4 Å². The molecule has 1 aromatic carbocycles.